The van der Waals surface area contributed by atoms with Crippen LogP contribution >= 0.6 is 0 Å². The van der Waals surface area contributed by atoms with E-state index in [0.717, 1.165) is 0 Å². The smallest absolute Gasteiger partial charge is 0.326 e. The van der Waals surface area contributed by atoms with Gasteiger partial charge in [-0.1, -0.05) is 40.5 Å². The van der Waals surface area contributed by atoms with Crippen molar-refractivity contribution < 1.29 is 24.3 Å². The molecule has 2 aromatic heterocycles. The lowest BCUT2D eigenvalue weighted by Gasteiger charge is -2.29. The van der Waals surface area contributed by atoms with Gasteiger partial charge in [-0.15, -0.1) is 0 Å². The van der Waals surface area contributed by atoms with Gasteiger partial charge in [0.05, 0.1) is 18.7 Å². The van der Waals surface area contributed by atoms with Crippen LogP contribution in [0.5, 0.6) is 0 Å². The molecule has 0 saturated heterocycles. The Kier molecular flexibility index (Phi) is 11.2. The van der Waals surface area contributed by atoms with Gasteiger partial charge in [-0.2, -0.15) is 0 Å². The number of carbonyl (C=O) groups excluding carboxylic acids is 3. The van der Waals surface area contributed by atoms with E-state index in [1.807, 2.05) is 13.8 Å². The fourth-order valence-corrected chi connectivity index (χ4v) is 3.71. The molecule has 2 aromatic rings. The van der Waals surface area contributed by atoms with Gasteiger partial charge in [0.25, 0.3) is 0 Å². The summed E-state index contributed by atoms with van der Waals surface area (Å²) in [6.07, 6.45) is 7.38. The van der Waals surface area contributed by atoms with E-state index in [0.29, 0.717) is 24.2 Å². The minimum absolute atomic E-state index is 0.0772. The lowest BCUT2D eigenvalue weighted by atomic mass is 9.95. The van der Waals surface area contributed by atoms with E-state index >= 15 is 0 Å². The summed E-state index contributed by atoms with van der Waals surface area (Å²) in [7, 11) is 0. The van der Waals surface area contributed by atoms with Crippen LogP contribution in [-0.2, 0) is 32.0 Å². The number of aliphatic carboxylic acids is 1. The first-order valence-corrected chi connectivity index (χ1v) is 12.4. The molecule has 13 nitrogen and oxygen atoms in total. The Morgan fingerprint density at radius 1 is 0.838 bits per heavy atom. The fourth-order valence-electron chi connectivity index (χ4n) is 3.71. The predicted molar refractivity (Wildman–Crippen MR) is 135 cm³/mol. The monoisotopic (exact) mass is 518 g/mol. The highest BCUT2D eigenvalue weighted by molar-refractivity contribution is 5.94. The number of aromatic nitrogens is 4. The molecule has 0 aliphatic heterocycles. The first kappa shape index (κ1) is 29.5. The summed E-state index contributed by atoms with van der Waals surface area (Å²) >= 11 is 0. The number of carbonyl (C=O) groups is 4. The summed E-state index contributed by atoms with van der Waals surface area (Å²) in [6, 6.07) is -4.12. The molecule has 6 atom stereocenters. The summed E-state index contributed by atoms with van der Waals surface area (Å²) in [5.74, 6) is -3.51. The Morgan fingerprint density at radius 2 is 1.35 bits per heavy atom. The highest BCUT2D eigenvalue weighted by Gasteiger charge is 2.34. The maximum atomic E-state index is 13.4. The summed E-state index contributed by atoms with van der Waals surface area (Å²) < 4.78 is 0. The maximum absolute atomic E-state index is 13.4. The molecular formula is C24H38N8O5. The molecule has 0 saturated carbocycles. The number of carboxylic acid groups (broad SMARTS) is 1. The molecule has 8 N–H and O–H groups in total. The van der Waals surface area contributed by atoms with Gasteiger partial charge in [0.2, 0.25) is 17.7 Å². The number of carboxylic acids is 1. The second-order valence-corrected chi connectivity index (χ2v) is 9.31. The van der Waals surface area contributed by atoms with Crippen molar-refractivity contribution in [2.24, 2.45) is 17.6 Å². The molecule has 37 heavy (non-hydrogen) atoms. The standard InChI is InChI=1S/C24H38N8O5/c1-5-13(3)19(23(35)32-20(24(36)37)14(4)6-2)31-22(34)18(8-16-10-27-12-29-16)30-21(33)17(25)7-15-9-26-11-28-15/h9-14,17-20H,5-8,25H2,1-4H3,(H,26,28)(H,27,29)(H,30,33)(H,31,34)(H,32,35)(H,36,37). The molecule has 0 aromatic carbocycles. The molecule has 204 valence electrons. The van der Waals surface area contributed by atoms with Gasteiger partial charge in [0, 0.05) is 36.6 Å². The van der Waals surface area contributed by atoms with Crippen LogP contribution in [0.1, 0.15) is 51.9 Å². The average molecular weight is 519 g/mol. The van der Waals surface area contributed by atoms with Crippen molar-refractivity contribution in [3.05, 3.63) is 36.4 Å². The second-order valence-electron chi connectivity index (χ2n) is 9.31. The SMILES string of the molecule is CCC(C)C(NC(=O)C(NC(=O)C(Cc1cnc[nH]1)NC(=O)C(N)Cc1cnc[nH]1)C(C)CC)C(=O)O. The maximum Gasteiger partial charge on any atom is 0.326 e. The van der Waals surface area contributed by atoms with E-state index in [9.17, 15) is 24.3 Å². The van der Waals surface area contributed by atoms with E-state index in [4.69, 9.17) is 5.73 Å². The van der Waals surface area contributed by atoms with Gasteiger partial charge in [-0.3, -0.25) is 14.4 Å². The number of aromatic amines is 2. The van der Waals surface area contributed by atoms with Gasteiger partial charge in [0.15, 0.2) is 0 Å². The van der Waals surface area contributed by atoms with Crippen molar-refractivity contribution in [3.63, 3.8) is 0 Å². The van der Waals surface area contributed by atoms with Crippen molar-refractivity contribution in [1.82, 2.24) is 35.9 Å². The van der Waals surface area contributed by atoms with E-state index < -0.39 is 47.9 Å². The number of rotatable bonds is 15. The van der Waals surface area contributed by atoms with E-state index in [-0.39, 0.29) is 24.7 Å². The van der Waals surface area contributed by atoms with E-state index in [1.165, 1.54) is 18.9 Å². The van der Waals surface area contributed by atoms with Crippen LogP contribution in [0.4, 0.5) is 0 Å². The van der Waals surface area contributed by atoms with Gasteiger partial charge in [0.1, 0.15) is 18.1 Å². The van der Waals surface area contributed by atoms with Gasteiger partial charge >= 0.3 is 5.97 Å². The molecule has 3 amide bonds. The molecule has 2 rings (SSSR count). The van der Waals surface area contributed by atoms with Crippen LogP contribution in [0.25, 0.3) is 0 Å². The topological polar surface area (TPSA) is 208 Å². The largest absolute Gasteiger partial charge is 0.480 e. The van der Waals surface area contributed by atoms with Crippen molar-refractivity contribution in [2.75, 3.05) is 0 Å². The number of hydrogen-bond donors (Lipinski definition) is 7. The van der Waals surface area contributed by atoms with Crippen LogP contribution in [0.3, 0.4) is 0 Å². The number of nitrogens with zero attached hydrogens (tertiary/aromatic N) is 2. The molecule has 0 spiro atoms. The van der Waals surface area contributed by atoms with E-state index in [2.05, 4.69) is 35.9 Å². The number of nitrogens with one attached hydrogen (secondary N) is 5. The molecule has 0 aliphatic rings. The molecule has 0 bridgehead atoms. The van der Waals surface area contributed by atoms with Gasteiger partial charge < -0.3 is 36.8 Å². The minimum atomic E-state index is -1.15. The summed E-state index contributed by atoms with van der Waals surface area (Å²) in [4.78, 5) is 64.7. The Hall–Kier alpha value is -3.74. The summed E-state index contributed by atoms with van der Waals surface area (Å²) in [5.41, 5.74) is 7.30. The normalized spacial score (nSPS) is 16.0. The number of H-pyrrole nitrogens is 2. The minimum Gasteiger partial charge on any atom is -0.480 e. The van der Waals surface area contributed by atoms with Crippen molar-refractivity contribution >= 4 is 23.7 Å². The lowest BCUT2D eigenvalue weighted by Crippen LogP contribution is -2.59. The third kappa shape index (κ3) is 8.70. The highest BCUT2D eigenvalue weighted by Crippen LogP contribution is 2.13. The zero-order chi connectivity index (χ0) is 27.5. The Balaban J connectivity index is 2.19. The first-order valence-electron chi connectivity index (χ1n) is 12.4. The zero-order valence-corrected chi connectivity index (χ0v) is 21.7. The van der Waals surface area contributed by atoms with Crippen molar-refractivity contribution in [2.45, 2.75) is 77.5 Å². The van der Waals surface area contributed by atoms with Gasteiger partial charge in [-0.05, 0) is 11.8 Å². The molecule has 0 fully saturated rings. The number of amides is 3. The quantitative estimate of drug-likeness (QED) is 0.169. The number of nitrogens with two attached hydrogens (primary N) is 1. The Labute approximate surface area is 215 Å². The molecule has 6 unspecified atom stereocenters. The summed E-state index contributed by atoms with van der Waals surface area (Å²) in [6.45, 7) is 7.21. The van der Waals surface area contributed by atoms with Gasteiger partial charge in [-0.25, -0.2) is 14.8 Å². The van der Waals surface area contributed by atoms with E-state index in [1.54, 1.807) is 20.0 Å². The second kappa shape index (κ2) is 14.1. The highest BCUT2D eigenvalue weighted by atomic mass is 16.4. The zero-order valence-electron chi connectivity index (χ0n) is 21.7. The van der Waals surface area contributed by atoms with Crippen LogP contribution in [0.2, 0.25) is 0 Å². The number of imidazole rings is 2. The van der Waals surface area contributed by atoms with Crippen LogP contribution in [-0.4, -0.2) is 72.9 Å². The third-order valence-corrected chi connectivity index (χ3v) is 6.51. The Morgan fingerprint density at radius 3 is 1.84 bits per heavy atom. The summed E-state index contributed by atoms with van der Waals surface area (Å²) in [5, 5.41) is 17.5. The lowest BCUT2D eigenvalue weighted by molar-refractivity contribution is -0.144. The fraction of sp³-hybridized carbons (Fsp3) is 0.583. The molecule has 0 radical (unpaired) electrons. The van der Waals surface area contributed by atoms with Crippen LogP contribution in [0.15, 0.2) is 25.0 Å². The van der Waals surface area contributed by atoms with Crippen molar-refractivity contribution in [1.29, 1.82) is 0 Å². The van der Waals surface area contributed by atoms with Crippen LogP contribution in [0, 0.1) is 11.8 Å². The van der Waals surface area contributed by atoms with Crippen LogP contribution < -0.4 is 21.7 Å². The molecular weight excluding hydrogens is 480 g/mol. The molecule has 0 aliphatic carbocycles. The molecule has 2 heterocycles. The average Bonchev–Trinajstić information content (AvgIpc) is 3.58. The molecule has 13 heteroatoms. The Bertz CT molecular complexity index is 1010. The predicted octanol–water partition coefficient (Wildman–Crippen LogP) is -0.123. The number of hydrogen-bond acceptors (Lipinski definition) is 7. The third-order valence-electron chi connectivity index (χ3n) is 6.51. The van der Waals surface area contributed by atoms with Crippen molar-refractivity contribution in [3.8, 4) is 0 Å². The first-order chi connectivity index (χ1) is 17.6.